The third kappa shape index (κ3) is 3.38. The van der Waals surface area contributed by atoms with E-state index in [4.69, 9.17) is 4.74 Å². The Hall–Kier alpha value is -2.88. The second kappa shape index (κ2) is 6.71. The first-order valence-corrected chi connectivity index (χ1v) is 7.89. The number of nitrogens with zero attached hydrogens (tertiary/aromatic N) is 2. The van der Waals surface area contributed by atoms with Gasteiger partial charge in [-0.3, -0.25) is 4.79 Å². The van der Waals surface area contributed by atoms with Crippen molar-refractivity contribution in [2.75, 3.05) is 0 Å². The van der Waals surface area contributed by atoms with Gasteiger partial charge in [-0.1, -0.05) is 42.5 Å². The number of aromatic nitrogens is 2. The van der Waals surface area contributed by atoms with Crippen molar-refractivity contribution in [2.24, 2.45) is 0 Å². The molecule has 0 N–H and O–H groups in total. The van der Waals surface area contributed by atoms with E-state index in [1.165, 1.54) is 0 Å². The zero-order chi connectivity index (χ0) is 17.0. The van der Waals surface area contributed by atoms with Crippen LogP contribution in [0.1, 0.15) is 25.0 Å². The second-order valence-electron chi connectivity index (χ2n) is 6.18. The van der Waals surface area contributed by atoms with E-state index in [0.717, 1.165) is 16.8 Å². The van der Waals surface area contributed by atoms with Gasteiger partial charge >= 0.3 is 5.97 Å². The maximum Gasteiger partial charge on any atom is 0.316 e. The molecule has 24 heavy (non-hydrogen) atoms. The van der Waals surface area contributed by atoms with Gasteiger partial charge in [0.05, 0.1) is 11.1 Å². The topological polar surface area (TPSA) is 44.1 Å². The van der Waals surface area contributed by atoms with Crippen molar-refractivity contribution in [3.05, 3.63) is 84.2 Å². The number of esters is 1. The van der Waals surface area contributed by atoms with Gasteiger partial charge in [0.25, 0.3) is 0 Å². The average molecular weight is 320 g/mol. The molecule has 2 aromatic carbocycles. The quantitative estimate of drug-likeness (QED) is 0.670. The summed E-state index contributed by atoms with van der Waals surface area (Å²) in [5.41, 5.74) is 2.20. The highest BCUT2D eigenvalue weighted by Gasteiger charge is 2.31. The number of hydrogen-bond donors (Lipinski definition) is 0. The Kier molecular flexibility index (Phi) is 4.47. The number of carbonyl (C=O) groups excluding carboxylic acids is 1. The van der Waals surface area contributed by atoms with E-state index in [1.54, 1.807) is 10.9 Å². The van der Waals surface area contributed by atoms with Gasteiger partial charge in [-0.2, -0.15) is 5.10 Å². The minimum Gasteiger partial charge on any atom is -0.460 e. The molecule has 4 nitrogen and oxygen atoms in total. The van der Waals surface area contributed by atoms with Crippen LogP contribution in [0.3, 0.4) is 0 Å². The third-order valence-electron chi connectivity index (χ3n) is 4.08. The molecule has 3 aromatic rings. The number of carbonyl (C=O) groups is 1. The molecule has 0 saturated heterocycles. The van der Waals surface area contributed by atoms with E-state index in [-0.39, 0.29) is 12.6 Å². The molecule has 0 aliphatic heterocycles. The van der Waals surface area contributed by atoms with Gasteiger partial charge < -0.3 is 4.74 Å². The van der Waals surface area contributed by atoms with E-state index >= 15 is 0 Å². The highest BCUT2D eigenvalue weighted by molar-refractivity contribution is 5.82. The van der Waals surface area contributed by atoms with Crippen molar-refractivity contribution >= 4 is 5.97 Å². The van der Waals surface area contributed by atoms with Crippen LogP contribution in [0, 0.1) is 0 Å². The fraction of sp³-hybridized carbons (Fsp3) is 0.200. The molecule has 0 aliphatic rings. The second-order valence-corrected chi connectivity index (χ2v) is 6.18. The van der Waals surface area contributed by atoms with Crippen molar-refractivity contribution in [2.45, 2.75) is 25.9 Å². The lowest BCUT2D eigenvalue weighted by molar-refractivity contribution is -0.150. The molecular weight excluding hydrogens is 300 g/mol. The van der Waals surface area contributed by atoms with Gasteiger partial charge in [0.2, 0.25) is 0 Å². The predicted molar refractivity (Wildman–Crippen MR) is 92.8 cm³/mol. The van der Waals surface area contributed by atoms with Crippen LogP contribution in [0.4, 0.5) is 0 Å². The summed E-state index contributed by atoms with van der Waals surface area (Å²) in [6.45, 7) is 4.02. The van der Waals surface area contributed by atoms with Gasteiger partial charge in [-0.25, -0.2) is 4.68 Å². The fourth-order valence-electron chi connectivity index (χ4n) is 2.47. The van der Waals surface area contributed by atoms with Crippen LogP contribution in [0.15, 0.2) is 73.1 Å². The lowest BCUT2D eigenvalue weighted by atomic mass is 9.85. The molecule has 122 valence electrons. The molecule has 0 fully saturated rings. The largest absolute Gasteiger partial charge is 0.460 e. The van der Waals surface area contributed by atoms with Crippen LogP contribution in [-0.4, -0.2) is 15.7 Å². The predicted octanol–water partition coefficient (Wildman–Crippen LogP) is 3.89. The highest BCUT2D eigenvalue weighted by atomic mass is 16.5. The summed E-state index contributed by atoms with van der Waals surface area (Å²) in [5.74, 6) is -0.232. The molecule has 1 aromatic heterocycles. The zero-order valence-electron chi connectivity index (χ0n) is 13.8. The number of rotatable bonds is 5. The maximum atomic E-state index is 12.5. The van der Waals surface area contributed by atoms with Crippen LogP contribution in [0.25, 0.3) is 5.69 Å². The van der Waals surface area contributed by atoms with Crippen LogP contribution in [-0.2, 0) is 21.6 Å². The Morgan fingerprint density at radius 2 is 1.75 bits per heavy atom. The summed E-state index contributed by atoms with van der Waals surface area (Å²) in [5, 5.41) is 4.19. The molecule has 0 bridgehead atoms. The minimum absolute atomic E-state index is 0.232. The lowest BCUT2D eigenvalue weighted by Crippen LogP contribution is -2.30. The van der Waals surface area contributed by atoms with E-state index in [0.29, 0.717) is 0 Å². The molecule has 0 amide bonds. The molecule has 3 rings (SSSR count). The molecule has 0 atom stereocenters. The van der Waals surface area contributed by atoms with Crippen molar-refractivity contribution in [3.63, 3.8) is 0 Å². The van der Waals surface area contributed by atoms with E-state index < -0.39 is 5.41 Å². The minimum atomic E-state index is -0.670. The summed E-state index contributed by atoms with van der Waals surface area (Å²) in [7, 11) is 0. The number of benzene rings is 2. The molecule has 0 unspecified atom stereocenters. The third-order valence-corrected chi connectivity index (χ3v) is 4.08. The highest BCUT2D eigenvalue weighted by Crippen LogP contribution is 2.25. The maximum absolute atomic E-state index is 12.5. The van der Waals surface area contributed by atoms with Gasteiger partial charge in [0.1, 0.15) is 6.61 Å². The fourth-order valence-corrected chi connectivity index (χ4v) is 2.47. The summed E-state index contributed by atoms with van der Waals surface area (Å²) < 4.78 is 7.30. The molecule has 1 heterocycles. The van der Waals surface area contributed by atoms with E-state index in [2.05, 4.69) is 5.10 Å². The lowest BCUT2D eigenvalue weighted by Gasteiger charge is -2.23. The normalized spacial score (nSPS) is 11.2. The Morgan fingerprint density at radius 3 is 2.38 bits per heavy atom. The molecule has 4 heteroatoms. The molecular formula is C20H20N2O2. The molecule has 0 radical (unpaired) electrons. The average Bonchev–Trinajstić information content (AvgIpc) is 3.15. The Bertz CT molecular complexity index is 791. The zero-order valence-corrected chi connectivity index (χ0v) is 13.8. The molecule has 0 spiro atoms. The SMILES string of the molecule is CC(C)(C(=O)OCc1ccc(-n2cccn2)cc1)c1ccccc1. The summed E-state index contributed by atoms with van der Waals surface area (Å²) in [4.78, 5) is 12.5. The monoisotopic (exact) mass is 320 g/mol. The van der Waals surface area contributed by atoms with E-state index in [9.17, 15) is 4.79 Å². The van der Waals surface area contributed by atoms with Crippen molar-refractivity contribution in [1.29, 1.82) is 0 Å². The van der Waals surface area contributed by atoms with Crippen molar-refractivity contribution in [1.82, 2.24) is 9.78 Å². The standard InChI is InChI=1S/C20H20N2O2/c1-20(2,17-7-4-3-5-8-17)19(23)24-15-16-9-11-18(12-10-16)22-14-6-13-21-22/h3-14H,15H2,1-2H3. The van der Waals surface area contributed by atoms with Gasteiger partial charge in [-0.15, -0.1) is 0 Å². The summed E-state index contributed by atoms with van der Waals surface area (Å²) in [6, 6.07) is 19.4. The number of ether oxygens (including phenoxy) is 1. The Labute approximate surface area is 141 Å². The molecule has 0 aliphatic carbocycles. The number of hydrogen-bond acceptors (Lipinski definition) is 3. The van der Waals surface area contributed by atoms with Crippen LogP contribution < -0.4 is 0 Å². The Morgan fingerprint density at radius 1 is 1.04 bits per heavy atom. The van der Waals surface area contributed by atoms with Crippen molar-refractivity contribution in [3.8, 4) is 5.69 Å². The Balaban J connectivity index is 1.64. The van der Waals surface area contributed by atoms with Gasteiger partial charge in [0, 0.05) is 12.4 Å². The summed E-state index contributed by atoms with van der Waals surface area (Å²) in [6.07, 6.45) is 3.62. The van der Waals surface area contributed by atoms with Crippen LogP contribution in [0.5, 0.6) is 0 Å². The van der Waals surface area contributed by atoms with Crippen LogP contribution >= 0.6 is 0 Å². The van der Waals surface area contributed by atoms with Crippen LogP contribution in [0.2, 0.25) is 0 Å². The van der Waals surface area contributed by atoms with Gasteiger partial charge in [0.15, 0.2) is 0 Å². The van der Waals surface area contributed by atoms with Crippen molar-refractivity contribution < 1.29 is 9.53 Å². The summed E-state index contributed by atoms with van der Waals surface area (Å²) >= 11 is 0. The van der Waals surface area contributed by atoms with Gasteiger partial charge in [-0.05, 0) is 43.2 Å². The first kappa shape index (κ1) is 16.0. The smallest absolute Gasteiger partial charge is 0.316 e. The first-order chi connectivity index (χ1) is 11.6. The van der Waals surface area contributed by atoms with E-state index in [1.807, 2.05) is 80.7 Å². The first-order valence-electron chi connectivity index (χ1n) is 7.89. The molecule has 0 saturated carbocycles.